The molecular weight excluding hydrogens is 284 g/mol. The number of carboxylic acids is 1. The number of carbonyl (C=O) groups is 2. The zero-order valence-corrected chi connectivity index (χ0v) is 11.8. The van der Waals surface area contributed by atoms with Crippen LogP contribution in [-0.4, -0.2) is 22.2 Å². The molecule has 0 radical (unpaired) electrons. The minimum absolute atomic E-state index is 0.0171. The number of carbonyl (C=O) groups excluding carboxylic acids is 1. The normalized spacial score (nSPS) is 11.6. The summed E-state index contributed by atoms with van der Waals surface area (Å²) in [5.74, 6) is -3.19. The van der Waals surface area contributed by atoms with Gasteiger partial charge >= 0.3 is 11.9 Å². The van der Waals surface area contributed by atoms with Gasteiger partial charge in [0.2, 0.25) is 0 Å². The standard InChI is InChI=1S/C17H16O5/c18-14-8-6-12(7-9-14)10-15(16(19)20)17(21)22-11-13-4-2-1-3-5-13/h1-9,15,18H,10-11H2,(H,19,20). The van der Waals surface area contributed by atoms with Crippen LogP contribution in [0.3, 0.4) is 0 Å². The maximum Gasteiger partial charge on any atom is 0.320 e. The zero-order chi connectivity index (χ0) is 15.9. The maximum atomic E-state index is 12.0. The fraction of sp³-hybridized carbons (Fsp3) is 0.176. The van der Waals surface area contributed by atoms with E-state index < -0.39 is 17.9 Å². The van der Waals surface area contributed by atoms with Gasteiger partial charge in [0, 0.05) is 0 Å². The van der Waals surface area contributed by atoms with Crippen molar-refractivity contribution < 1.29 is 24.5 Å². The molecule has 0 aliphatic rings. The van der Waals surface area contributed by atoms with Crippen molar-refractivity contribution in [2.75, 3.05) is 0 Å². The SMILES string of the molecule is O=C(O)C(Cc1ccc(O)cc1)C(=O)OCc1ccccc1. The average Bonchev–Trinajstić information content (AvgIpc) is 2.52. The highest BCUT2D eigenvalue weighted by molar-refractivity contribution is 5.94. The third kappa shape index (κ3) is 4.34. The number of ether oxygens (including phenoxy) is 1. The smallest absolute Gasteiger partial charge is 0.320 e. The zero-order valence-electron chi connectivity index (χ0n) is 11.8. The third-order valence-electron chi connectivity index (χ3n) is 3.18. The molecule has 114 valence electrons. The molecule has 5 nitrogen and oxygen atoms in total. The van der Waals surface area contributed by atoms with E-state index in [4.69, 9.17) is 4.74 Å². The molecule has 2 rings (SSSR count). The summed E-state index contributed by atoms with van der Waals surface area (Å²) in [6, 6.07) is 15.1. The molecule has 0 spiro atoms. The predicted molar refractivity (Wildman–Crippen MR) is 79.2 cm³/mol. The summed E-state index contributed by atoms with van der Waals surface area (Å²) >= 11 is 0. The Morgan fingerprint density at radius 3 is 2.18 bits per heavy atom. The van der Waals surface area contributed by atoms with Gasteiger partial charge in [-0.2, -0.15) is 0 Å². The second-order valence-corrected chi connectivity index (χ2v) is 4.85. The molecule has 2 aromatic rings. The first-order chi connectivity index (χ1) is 10.6. The quantitative estimate of drug-likeness (QED) is 0.632. The van der Waals surface area contributed by atoms with Gasteiger partial charge in [0.15, 0.2) is 5.92 Å². The lowest BCUT2D eigenvalue weighted by Crippen LogP contribution is -2.27. The lowest BCUT2D eigenvalue weighted by Gasteiger charge is -2.12. The predicted octanol–water partition coefficient (Wildman–Crippen LogP) is 2.38. The first kappa shape index (κ1) is 15.6. The second-order valence-electron chi connectivity index (χ2n) is 4.85. The van der Waals surface area contributed by atoms with E-state index in [1.54, 1.807) is 24.3 Å². The second kappa shape index (κ2) is 7.26. The van der Waals surface area contributed by atoms with Crippen molar-refractivity contribution >= 4 is 11.9 Å². The lowest BCUT2D eigenvalue weighted by atomic mass is 9.99. The number of rotatable bonds is 6. The Morgan fingerprint density at radius 2 is 1.59 bits per heavy atom. The number of esters is 1. The molecule has 0 amide bonds. The molecule has 2 N–H and O–H groups in total. The van der Waals surface area contributed by atoms with Gasteiger partial charge in [-0.3, -0.25) is 9.59 Å². The first-order valence-corrected chi connectivity index (χ1v) is 6.77. The van der Waals surface area contributed by atoms with Crippen LogP contribution >= 0.6 is 0 Å². The van der Waals surface area contributed by atoms with Crippen molar-refractivity contribution in [3.8, 4) is 5.75 Å². The van der Waals surface area contributed by atoms with E-state index >= 15 is 0 Å². The van der Waals surface area contributed by atoms with Crippen LogP contribution in [0.25, 0.3) is 0 Å². The van der Waals surface area contributed by atoms with Crippen LogP contribution in [0.15, 0.2) is 54.6 Å². The van der Waals surface area contributed by atoms with Gasteiger partial charge in [-0.15, -0.1) is 0 Å². The van der Waals surface area contributed by atoms with E-state index in [0.29, 0.717) is 5.56 Å². The Labute approximate surface area is 127 Å². The summed E-state index contributed by atoms with van der Waals surface area (Å²) in [4.78, 5) is 23.3. The summed E-state index contributed by atoms with van der Waals surface area (Å²) in [5.41, 5.74) is 1.44. The number of aliphatic carboxylic acids is 1. The average molecular weight is 300 g/mol. The van der Waals surface area contributed by atoms with Gasteiger partial charge < -0.3 is 14.9 Å². The Bertz CT molecular complexity index is 634. The van der Waals surface area contributed by atoms with Gasteiger partial charge in [0.1, 0.15) is 12.4 Å². The lowest BCUT2D eigenvalue weighted by molar-refractivity contribution is -0.159. The van der Waals surface area contributed by atoms with Crippen molar-refractivity contribution in [2.24, 2.45) is 5.92 Å². The number of aromatic hydroxyl groups is 1. The van der Waals surface area contributed by atoms with Crippen molar-refractivity contribution in [1.29, 1.82) is 0 Å². The fourth-order valence-corrected chi connectivity index (χ4v) is 1.97. The molecule has 0 saturated heterocycles. The number of benzene rings is 2. The van der Waals surface area contributed by atoms with E-state index in [1.807, 2.05) is 18.2 Å². The van der Waals surface area contributed by atoms with Crippen molar-refractivity contribution in [2.45, 2.75) is 13.0 Å². The Hall–Kier alpha value is -2.82. The van der Waals surface area contributed by atoms with E-state index in [9.17, 15) is 19.8 Å². The number of phenolic OH excluding ortho intramolecular Hbond substituents is 1. The van der Waals surface area contributed by atoms with Crippen LogP contribution in [0.2, 0.25) is 0 Å². The fourth-order valence-electron chi connectivity index (χ4n) is 1.97. The highest BCUT2D eigenvalue weighted by Crippen LogP contribution is 2.15. The van der Waals surface area contributed by atoms with Crippen LogP contribution in [-0.2, 0) is 27.4 Å². The molecule has 2 aromatic carbocycles. The van der Waals surface area contributed by atoms with Crippen LogP contribution in [0.5, 0.6) is 5.75 Å². The van der Waals surface area contributed by atoms with Crippen molar-refractivity contribution in [3.05, 3.63) is 65.7 Å². The van der Waals surface area contributed by atoms with Crippen LogP contribution in [0.1, 0.15) is 11.1 Å². The minimum atomic E-state index is -1.27. The van der Waals surface area contributed by atoms with Gasteiger partial charge in [0.05, 0.1) is 0 Å². The molecule has 0 aliphatic carbocycles. The molecule has 0 fully saturated rings. The van der Waals surface area contributed by atoms with Crippen molar-refractivity contribution in [3.63, 3.8) is 0 Å². The monoisotopic (exact) mass is 300 g/mol. The molecule has 5 heteroatoms. The molecular formula is C17H16O5. The van der Waals surface area contributed by atoms with Crippen LogP contribution in [0.4, 0.5) is 0 Å². The summed E-state index contributed by atoms with van der Waals surface area (Å²) in [6.45, 7) is 0.0407. The van der Waals surface area contributed by atoms with Crippen molar-refractivity contribution in [1.82, 2.24) is 0 Å². The molecule has 22 heavy (non-hydrogen) atoms. The molecule has 1 atom stereocenters. The topological polar surface area (TPSA) is 83.8 Å². The molecule has 0 heterocycles. The van der Waals surface area contributed by atoms with Gasteiger partial charge in [-0.1, -0.05) is 42.5 Å². The Kier molecular flexibility index (Phi) is 5.14. The number of phenols is 1. The molecule has 0 bridgehead atoms. The van der Waals surface area contributed by atoms with Gasteiger partial charge in [-0.25, -0.2) is 0 Å². The molecule has 1 unspecified atom stereocenters. The van der Waals surface area contributed by atoms with Crippen LogP contribution < -0.4 is 0 Å². The summed E-state index contributed by atoms with van der Waals surface area (Å²) < 4.78 is 5.08. The van der Waals surface area contributed by atoms with Crippen LogP contribution in [0, 0.1) is 5.92 Å². The summed E-state index contributed by atoms with van der Waals surface area (Å²) in [5, 5.41) is 18.4. The number of carboxylic acid groups (broad SMARTS) is 1. The summed E-state index contributed by atoms with van der Waals surface area (Å²) in [6.07, 6.45) is 0.0171. The van der Waals surface area contributed by atoms with E-state index in [-0.39, 0.29) is 18.8 Å². The molecule has 0 aromatic heterocycles. The minimum Gasteiger partial charge on any atom is -0.508 e. The highest BCUT2D eigenvalue weighted by Gasteiger charge is 2.28. The number of hydrogen-bond acceptors (Lipinski definition) is 4. The maximum absolute atomic E-state index is 12.0. The van der Waals surface area contributed by atoms with E-state index in [0.717, 1.165) is 5.56 Å². The molecule has 0 aliphatic heterocycles. The first-order valence-electron chi connectivity index (χ1n) is 6.77. The third-order valence-corrected chi connectivity index (χ3v) is 3.18. The highest BCUT2D eigenvalue weighted by atomic mass is 16.5. The largest absolute Gasteiger partial charge is 0.508 e. The number of hydrogen-bond donors (Lipinski definition) is 2. The Balaban J connectivity index is 1.99. The van der Waals surface area contributed by atoms with E-state index in [1.165, 1.54) is 12.1 Å². The van der Waals surface area contributed by atoms with Gasteiger partial charge in [0.25, 0.3) is 0 Å². The van der Waals surface area contributed by atoms with E-state index in [2.05, 4.69) is 0 Å². The summed E-state index contributed by atoms with van der Waals surface area (Å²) in [7, 11) is 0. The Morgan fingerprint density at radius 1 is 0.955 bits per heavy atom. The molecule has 0 saturated carbocycles. The van der Waals surface area contributed by atoms with Gasteiger partial charge in [-0.05, 0) is 29.7 Å².